The molecule has 0 amide bonds. The molecule has 2 rings (SSSR count). The number of hydrogen-bond donors (Lipinski definition) is 1. The van der Waals surface area contributed by atoms with Gasteiger partial charge in [0, 0.05) is 10.6 Å². The Labute approximate surface area is 104 Å². The van der Waals surface area contributed by atoms with Crippen LogP contribution in [0.4, 0.5) is 4.39 Å². The summed E-state index contributed by atoms with van der Waals surface area (Å²) in [7, 11) is 0. The number of furan rings is 1. The lowest BCUT2D eigenvalue weighted by molar-refractivity contribution is 0.489. The zero-order chi connectivity index (χ0) is 12.3. The molecule has 0 spiro atoms. The van der Waals surface area contributed by atoms with Crippen molar-refractivity contribution in [2.45, 2.75) is 13.5 Å². The Balaban J connectivity index is 2.35. The van der Waals surface area contributed by atoms with Gasteiger partial charge >= 0.3 is 0 Å². The first-order chi connectivity index (χ1) is 8.20. The highest BCUT2D eigenvalue weighted by Gasteiger charge is 2.10. The van der Waals surface area contributed by atoms with Crippen molar-refractivity contribution in [2.75, 3.05) is 6.54 Å². The zero-order valence-corrected chi connectivity index (χ0v) is 10.2. The van der Waals surface area contributed by atoms with E-state index in [1.165, 1.54) is 12.1 Å². The van der Waals surface area contributed by atoms with E-state index >= 15 is 0 Å². The van der Waals surface area contributed by atoms with Crippen molar-refractivity contribution in [3.8, 4) is 11.1 Å². The molecule has 1 heterocycles. The average molecular weight is 254 g/mol. The van der Waals surface area contributed by atoms with E-state index in [1.807, 2.05) is 13.0 Å². The highest BCUT2D eigenvalue weighted by atomic mass is 35.5. The molecule has 0 aliphatic heterocycles. The maximum Gasteiger partial charge on any atom is 0.125 e. The van der Waals surface area contributed by atoms with Gasteiger partial charge in [0.1, 0.15) is 11.6 Å². The molecule has 0 aliphatic carbocycles. The largest absolute Gasteiger partial charge is 0.467 e. The second-order valence-corrected chi connectivity index (χ2v) is 4.13. The molecule has 17 heavy (non-hydrogen) atoms. The van der Waals surface area contributed by atoms with E-state index in [1.54, 1.807) is 12.3 Å². The Morgan fingerprint density at radius 1 is 1.35 bits per heavy atom. The third-order valence-electron chi connectivity index (χ3n) is 2.45. The van der Waals surface area contributed by atoms with Crippen molar-refractivity contribution in [1.82, 2.24) is 5.32 Å². The Morgan fingerprint density at radius 2 is 2.18 bits per heavy atom. The van der Waals surface area contributed by atoms with Gasteiger partial charge in [0.2, 0.25) is 0 Å². The third-order valence-corrected chi connectivity index (χ3v) is 2.67. The molecule has 90 valence electrons. The van der Waals surface area contributed by atoms with E-state index in [9.17, 15) is 4.39 Å². The van der Waals surface area contributed by atoms with Gasteiger partial charge < -0.3 is 9.73 Å². The monoisotopic (exact) mass is 253 g/mol. The summed E-state index contributed by atoms with van der Waals surface area (Å²) in [6, 6.07) is 6.28. The normalized spacial score (nSPS) is 10.8. The molecule has 0 saturated heterocycles. The van der Waals surface area contributed by atoms with Gasteiger partial charge in [0.25, 0.3) is 0 Å². The fraction of sp³-hybridized carbons (Fsp3) is 0.231. The second-order valence-electron chi connectivity index (χ2n) is 3.70. The molecule has 0 aliphatic rings. The molecule has 2 nitrogen and oxygen atoms in total. The summed E-state index contributed by atoms with van der Waals surface area (Å²) in [6.45, 7) is 3.48. The first-order valence-corrected chi connectivity index (χ1v) is 5.82. The third kappa shape index (κ3) is 2.87. The minimum atomic E-state index is -0.344. The maximum atomic E-state index is 13.3. The predicted octanol–water partition coefficient (Wildman–Crippen LogP) is 3.85. The van der Waals surface area contributed by atoms with Crippen molar-refractivity contribution < 1.29 is 8.81 Å². The summed E-state index contributed by atoms with van der Waals surface area (Å²) in [6.07, 6.45) is 1.60. The molecular formula is C13H13ClFNO. The lowest BCUT2D eigenvalue weighted by Gasteiger charge is -2.04. The van der Waals surface area contributed by atoms with Gasteiger partial charge in [0.15, 0.2) is 0 Å². The van der Waals surface area contributed by atoms with Crippen LogP contribution in [0.2, 0.25) is 5.02 Å². The smallest absolute Gasteiger partial charge is 0.125 e. The molecule has 4 heteroatoms. The van der Waals surface area contributed by atoms with Crippen molar-refractivity contribution in [2.24, 2.45) is 0 Å². The van der Waals surface area contributed by atoms with Crippen LogP contribution in [0.3, 0.4) is 0 Å². The molecule has 0 saturated carbocycles. The highest BCUT2D eigenvalue weighted by molar-refractivity contribution is 6.30. The Bertz CT molecular complexity index is 490. The van der Waals surface area contributed by atoms with Crippen LogP contribution in [0.15, 0.2) is 34.9 Å². The number of halogens is 2. The van der Waals surface area contributed by atoms with Crippen molar-refractivity contribution in [3.05, 3.63) is 47.1 Å². The number of nitrogens with one attached hydrogen (secondary N) is 1. The van der Waals surface area contributed by atoms with Gasteiger partial charge in [-0.3, -0.25) is 0 Å². The Morgan fingerprint density at radius 3 is 2.88 bits per heavy atom. The molecule has 0 bridgehead atoms. The van der Waals surface area contributed by atoms with E-state index in [0.29, 0.717) is 11.6 Å². The first kappa shape index (κ1) is 12.1. The van der Waals surface area contributed by atoms with Gasteiger partial charge in [-0.2, -0.15) is 0 Å². The SMILES string of the molecule is CCNCc1occc1-c1cc(F)cc(Cl)c1. The average Bonchev–Trinajstić information content (AvgIpc) is 2.73. The van der Waals surface area contributed by atoms with Crippen LogP contribution < -0.4 is 5.32 Å². The Hall–Kier alpha value is -1.32. The van der Waals surface area contributed by atoms with Gasteiger partial charge in [-0.05, 0) is 36.4 Å². The minimum absolute atomic E-state index is 0.344. The second kappa shape index (κ2) is 5.34. The topological polar surface area (TPSA) is 25.2 Å². The number of hydrogen-bond acceptors (Lipinski definition) is 2. The van der Waals surface area contributed by atoms with E-state index in [0.717, 1.165) is 23.4 Å². The lowest BCUT2D eigenvalue weighted by Crippen LogP contribution is -2.11. The fourth-order valence-electron chi connectivity index (χ4n) is 1.68. The van der Waals surface area contributed by atoms with E-state index in [2.05, 4.69) is 5.32 Å². The van der Waals surface area contributed by atoms with Crippen LogP contribution in [-0.4, -0.2) is 6.54 Å². The molecule has 1 N–H and O–H groups in total. The summed E-state index contributed by atoms with van der Waals surface area (Å²) < 4.78 is 18.6. The highest BCUT2D eigenvalue weighted by Crippen LogP contribution is 2.28. The van der Waals surface area contributed by atoms with Crippen molar-refractivity contribution in [1.29, 1.82) is 0 Å². The van der Waals surface area contributed by atoms with Crippen LogP contribution in [0.1, 0.15) is 12.7 Å². The molecule has 0 unspecified atom stereocenters. The maximum absolute atomic E-state index is 13.3. The summed E-state index contributed by atoms with van der Waals surface area (Å²) in [5.41, 5.74) is 1.60. The van der Waals surface area contributed by atoms with Crippen LogP contribution in [-0.2, 0) is 6.54 Å². The molecule has 0 radical (unpaired) electrons. The van der Waals surface area contributed by atoms with Crippen molar-refractivity contribution in [3.63, 3.8) is 0 Å². The molecular weight excluding hydrogens is 241 g/mol. The Kier molecular flexibility index (Phi) is 3.82. The van der Waals surface area contributed by atoms with Crippen LogP contribution in [0.25, 0.3) is 11.1 Å². The lowest BCUT2D eigenvalue weighted by atomic mass is 10.1. The fourth-order valence-corrected chi connectivity index (χ4v) is 1.90. The van der Waals surface area contributed by atoms with Crippen LogP contribution in [0, 0.1) is 5.82 Å². The summed E-state index contributed by atoms with van der Waals surface area (Å²) in [5.74, 6) is 0.441. The van der Waals surface area contributed by atoms with Gasteiger partial charge in [0.05, 0.1) is 12.8 Å². The molecule has 2 aromatic rings. The minimum Gasteiger partial charge on any atom is -0.467 e. The van der Waals surface area contributed by atoms with Gasteiger partial charge in [-0.15, -0.1) is 0 Å². The number of benzene rings is 1. The molecule has 1 aromatic carbocycles. The van der Waals surface area contributed by atoms with E-state index in [4.69, 9.17) is 16.0 Å². The van der Waals surface area contributed by atoms with Gasteiger partial charge in [-0.25, -0.2) is 4.39 Å². The molecule has 0 fully saturated rings. The van der Waals surface area contributed by atoms with Gasteiger partial charge in [-0.1, -0.05) is 18.5 Å². The predicted molar refractivity (Wildman–Crippen MR) is 66.5 cm³/mol. The summed E-state index contributed by atoms with van der Waals surface area (Å²) in [4.78, 5) is 0. The zero-order valence-electron chi connectivity index (χ0n) is 9.47. The quantitative estimate of drug-likeness (QED) is 0.895. The number of rotatable bonds is 4. The standard InChI is InChI=1S/C13H13ClFNO/c1-2-16-8-13-12(3-4-17-13)9-5-10(14)7-11(15)6-9/h3-7,16H,2,8H2,1H3. The van der Waals surface area contributed by atoms with E-state index < -0.39 is 0 Å². The molecule has 1 aromatic heterocycles. The van der Waals surface area contributed by atoms with Crippen LogP contribution in [0.5, 0.6) is 0 Å². The summed E-state index contributed by atoms with van der Waals surface area (Å²) in [5, 5.41) is 3.55. The first-order valence-electron chi connectivity index (χ1n) is 5.44. The van der Waals surface area contributed by atoms with E-state index in [-0.39, 0.29) is 5.82 Å². The summed E-state index contributed by atoms with van der Waals surface area (Å²) >= 11 is 5.84. The molecule has 0 atom stereocenters. The van der Waals surface area contributed by atoms with Crippen molar-refractivity contribution >= 4 is 11.6 Å². The van der Waals surface area contributed by atoms with Crippen LogP contribution >= 0.6 is 11.6 Å².